The molecule has 0 heteroatoms. The van der Waals surface area contributed by atoms with Gasteiger partial charge in [0.25, 0.3) is 0 Å². The summed E-state index contributed by atoms with van der Waals surface area (Å²) in [6.45, 7) is 6.62. The molecule has 0 saturated carbocycles. The van der Waals surface area contributed by atoms with Crippen molar-refractivity contribution in [1.29, 1.82) is 0 Å². The summed E-state index contributed by atoms with van der Waals surface area (Å²) in [4.78, 5) is 0. The van der Waals surface area contributed by atoms with Crippen LogP contribution in [-0.4, -0.2) is 0 Å². The van der Waals surface area contributed by atoms with Crippen LogP contribution in [0, 0.1) is 5.92 Å². The van der Waals surface area contributed by atoms with Gasteiger partial charge < -0.3 is 0 Å². The van der Waals surface area contributed by atoms with E-state index in [-0.39, 0.29) is 0 Å². The Morgan fingerprint density at radius 3 is 2.38 bits per heavy atom. The highest BCUT2D eigenvalue weighted by Gasteiger charge is 1.87. The van der Waals surface area contributed by atoms with Crippen molar-refractivity contribution >= 4 is 0 Å². The Morgan fingerprint density at radius 1 is 1.38 bits per heavy atom. The van der Waals surface area contributed by atoms with Gasteiger partial charge in [-0.3, -0.25) is 0 Å². The Balaban J connectivity index is 3.21. The van der Waals surface area contributed by atoms with Crippen LogP contribution in [0.15, 0.2) is 12.2 Å². The lowest BCUT2D eigenvalue weighted by Crippen LogP contribution is -1.82. The van der Waals surface area contributed by atoms with Gasteiger partial charge in [-0.1, -0.05) is 39.3 Å². The molecule has 0 heterocycles. The van der Waals surface area contributed by atoms with Gasteiger partial charge in [0.15, 0.2) is 0 Å². The molecule has 0 radical (unpaired) electrons. The van der Waals surface area contributed by atoms with Crippen LogP contribution in [0.3, 0.4) is 0 Å². The molecule has 0 spiro atoms. The third-order valence-electron chi connectivity index (χ3n) is 1.34. The lowest BCUT2D eigenvalue weighted by molar-refractivity contribution is 0.695. The molecule has 0 nitrogen and oxygen atoms in total. The maximum atomic E-state index is 2.28. The molecule has 0 aromatic carbocycles. The summed E-state index contributed by atoms with van der Waals surface area (Å²) in [6, 6.07) is 0. The van der Waals surface area contributed by atoms with Gasteiger partial charge in [-0.2, -0.15) is 0 Å². The Morgan fingerprint density at radius 2 is 2.00 bits per heavy atom. The van der Waals surface area contributed by atoms with Gasteiger partial charge in [0.2, 0.25) is 0 Å². The molecule has 0 fully saturated rings. The predicted octanol–water partition coefficient (Wildman–Crippen LogP) is 3.00. The van der Waals surface area contributed by atoms with Crippen LogP contribution >= 0.6 is 0 Å². The number of hydrogen-bond acceptors (Lipinski definition) is 0. The van der Waals surface area contributed by atoms with Gasteiger partial charge in [0, 0.05) is 0 Å². The first-order valence-corrected chi connectivity index (χ1v) is 3.47. The van der Waals surface area contributed by atoms with E-state index in [9.17, 15) is 0 Å². The molecule has 8 heavy (non-hydrogen) atoms. The van der Waals surface area contributed by atoms with E-state index in [1.807, 2.05) is 0 Å². The predicted molar refractivity (Wildman–Crippen MR) is 38.9 cm³/mol. The summed E-state index contributed by atoms with van der Waals surface area (Å²) in [7, 11) is 0. The topological polar surface area (TPSA) is 0 Å². The van der Waals surface area contributed by atoms with Crippen molar-refractivity contribution < 1.29 is 0 Å². The maximum absolute atomic E-state index is 2.28. The van der Waals surface area contributed by atoms with Crippen LogP contribution in [-0.2, 0) is 0 Å². The minimum absolute atomic E-state index is 0.773. The Hall–Kier alpha value is -0.260. The van der Waals surface area contributed by atoms with Crippen molar-refractivity contribution in [2.24, 2.45) is 5.92 Å². The van der Waals surface area contributed by atoms with E-state index in [0.29, 0.717) is 0 Å². The lowest BCUT2D eigenvalue weighted by Gasteiger charge is -1.96. The van der Waals surface area contributed by atoms with Crippen LogP contribution in [0.4, 0.5) is 0 Å². The summed E-state index contributed by atoms with van der Waals surface area (Å²) in [5, 5.41) is 0. The van der Waals surface area contributed by atoms with Crippen LogP contribution in [0.25, 0.3) is 0 Å². The summed E-state index contributed by atoms with van der Waals surface area (Å²) >= 11 is 0. The molecule has 1 atom stereocenters. The van der Waals surface area contributed by atoms with Crippen molar-refractivity contribution in [3.63, 3.8) is 0 Å². The SMILES string of the molecule is CC/C=C/[C@H](C)CC. The van der Waals surface area contributed by atoms with Gasteiger partial charge in [-0.05, 0) is 12.3 Å². The number of rotatable bonds is 3. The largest absolute Gasteiger partial charge is 0.0885 e. The fourth-order valence-electron chi connectivity index (χ4n) is 0.504. The first-order chi connectivity index (χ1) is 3.81. The molecule has 0 aliphatic carbocycles. The summed E-state index contributed by atoms with van der Waals surface area (Å²) in [6.07, 6.45) is 6.94. The molecule has 48 valence electrons. The minimum atomic E-state index is 0.773. The quantitative estimate of drug-likeness (QED) is 0.492. The van der Waals surface area contributed by atoms with Crippen LogP contribution < -0.4 is 0 Å². The highest BCUT2D eigenvalue weighted by Crippen LogP contribution is 2.01. The summed E-state index contributed by atoms with van der Waals surface area (Å²) in [5.74, 6) is 0.773. The van der Waals surface area contributed by atoms with Gasteiger partial charge in [-0.15, -0.1) is 0 Å². The van der Waals surface area contributed by atoms with E-state index in [2.05, 4.69) is 32.9 Å². The van der Waals surface area contributed by atoms with Gasteiger partial charge in [0.05, 0.1) is 0 Å². The van der Waals surface area contributed by atoms with E-state index < -0.39 is 0 Å². The Kier molecular flexibility index (Phi) is 4.73. The second-order valence-corrected chi connectivity index (χ2v) is 2.22. The third-order valence-corrected chi connectivity index (χ3v) is 1.34. The van der Waals surface area contributed by atoms with Gasteiger partial charge >= 0.3 is 0 Å². The molecule has 0 aromatic rings. The maximum Gasteiger partial charge on any atom is -0.0265 e. The first kappa shape index (κ1) is 7.74. The number of allylic oxidation sites excluding steroid dienone is 2. The molecule has 0 saturated heterocycles. The minimum Gasteiger partial charge on any atom is -0.0885 e. The van der Waals surface area contributed by atoms with E-state index in [4.69, 9.17) is 0 Å². The second-order valence-electron chi connectivity index (χ2n) is 2.22. The van der Waals surface area contributed by atoms with Gasteiger partial charge in [0.1, 0.15) is 0 Å². The van der Waals surface area contributed by atoms with Crippen molar-refractivity contribution in [3.05, 3.63) is 12.2 Å². The molecule has 0 amide bonds. The van der Waals surface area contributed by atoms with Crippen LogP contribution in [0.2, 0.25) is 0 Å². The standard InChI is InChI=1S/C8H16/c1-4-6-7-8(3)5-2/h6-8H,4-5H2,1-3H3/b7-6+/t8-/m1/s1. The van der Waals surface area contributed by atoms with Crippen LogP contribution in [0.1, 0.15) is 33.6 Å². The average molecular weight is 112 g/mol. The Labute approximate surface area is 52.6 Å². The highest BCUT2D eigenvalue weighted by atomic mass is 13.9. The van der Waals surface area contributed by atoms with E-state index in [0.717, 1.165) is 5.92 Å². The second kappa shape index (κ2) is 4.89. The highest BCUT2D eigenvalue weighted by molar-refractivity contribution is 4.84. The van der Waals surface area contributed by atoms with E-state index in [1.54, 1.807) is 0 Å². The molecule has 0 unspecified atom stereocenters. The van der Waals surface area contributed by atoms with Crippen LogP contribution in [0.5, 0.6) is 0 Å². The monoisotopic (exact) mass is 112 g/mol. The molecule has 0 aromatic heterocycles. The number of hydrogen-bond donors (Lipinski definition) is 0. The molecular formula is C8H16. The van der Waals surface area contributed by atoms with Gasteiger partial charge in [-0.25, -0.2) is 0 Å². The molecule has 0 rings (SSSR count). The normalized spacial score (nSPS) is 14.9. The Bertz CT molecular complexity index is 62.4. The van der Waals surface area contributed by atoms with E-state index in [1.165, 1.54) is 12.8 Å². The fraction of sp³-hybridized carbons (Fsp3) is 0.750. The van der Waals surface area contributed by atoms with E-state index >= 15 is 0 Å². The summed E-state index contributed by atoms with van der Waals surface area (Å²) in [5.41, 5.74) is 0. The smallest absolute Gasteiger partial charge is 0.0265 e. The first-order valence-electron chi connectivity index (χ1n) is 3.47. The van der Waals surface area contributed by atoms with Crippen molar-refractivity contribution in [2.75, 3.05) is 0 Å². The molecule has 0 N–H and O–H groups in total. The zero-order valence-corrected chi connectivity index (χ0v) is 6.15. The molecule has 0 aliphatic heterocycles. The lowest BCUT2D eigenvalue weighted by atomic mass is 10.1. The molecular weight excluding hydrogens is 96.1 g/mol. The molecule has 0 bridgehead atoms. The fourth-order valence-corrected chi connectivity index (χ4v) is 0.504. The summed E-state index contributed by atoms with van der Waals surface area (Å²) < 4.78 is 0. The third kappa shape index (κ3) is 3.91. The van der Waals surface area contributed by atoms with Crippen molar-refractivity contribution in [2.45, 2.75) is 33.6 Å². The average Bonchev–Trinajstić information content (AvgIpc) is 1.83. The zero-order chi connectivity index (χ0) is 6.41. The molecule has 0 aliphatic rings. The van der Waals surface area contributed by atoms with Crippen molar-refractivity contribution in [3.8, 4) is 0 Å². The van der Waals surface area contributed by atoms with Crippen molar-refractivity contribution in [1.82, 2.24) is 0 Å². The zero-order valence-electron chi connectivity index (χ0n) is 6.15.